The number of rotatable bonds is 5. The molecule has 0 aliphatic heterocycles. The molecule has 5 atom stereocenters. The third-order valence-corrected chi connectivity index (χ3v) is 8.25. The highest BCUT2D eigenvalue weighted by molar-refractivity contribution is 6.31. The molecule has 0 saturated heterocycles. The number of benzene rings is 2. The first-order valence-corrected chi connectivity index (χ1v) is 13.1. The van der Waals surface area contributed by atoms with Crippen molar-refractivity contribution in [3.8, 4) is 16.9 Å². The molecule has 2 amide bonds. The molecular weight excluding hydrogens is 534 g/mol. The molecule has 3 aliphatic rings. The summed E-state index contributed by atoms with van der Waals surface area (Å²) in [6, 6.07) is 10.2. The van der Waals surface area contributed by atoms with Gasteiger partial charge in [-0.25, -0.2) is 4.79 Å². The second-order valence-corrected chi connectivity index (χ2v) is 11.0. The highest BCUT2D eigenvalue weighted by atomic mass is 16.7. The number of hydroxylamine groups is 2. The van der Waals surface area contributed by atoms with Gasteiger partial charge in [0.05, 0.1) is 11.5 Å². The first kappa shape index (κ1) is 28.1. The highest BCUT2D eigenvalue weighted by Gasteiger charge is 2.66. The number of phenols is 1. The van der Waals surface area contributed by atoms with Gasteiger partial charge in [0.15, 0.2) is 34.7 Å². The minimum atomic E-state index is -2.68. The second kappa shape index (κ2) is 10.2. The topological polar surface area (TPSA) is 193 Å². The van der Waals surface area contributed by atoms with E-state index in [4.69, 9.17) is 10.6 Å². The molecule has 2 fully saturated rings. The van der Waals surface area contributed by atoms with Gasteiger partial charge in [-0.3, -0.25) is 24.0 Å². The van der Waals surface area contributed by atoms with E-state index in [-0.39, 0.29) is 30.7 Å². The second-order valence-electron chi connectivity index (χ2n) is 11.0. The number of nitrogens with one attached hydrogen (secondary N) is 1. The van der Waals surface area contributed by atoms with Crippen LogP contribution in [0.5, 0.6) is 5.75 Å². The zero-order valence-corrected chi connectivity index (χ0v) is 22.4. The maximum Gasteiger partial charge on any atom is 0.426 e. The van der Waals surface area contributed by atoms with Crippen molar-refractivity contribution < 1.29 is 43.8 Å². The molecule has 2 aromatic rings. The number of carbonyl (C=O) groups excluding carboxylic acids is 6. The van der Waals surface area contributed by atoms with Crippen LogP contribution in [0.2, 0.25) is 0 Å². The minimum Gasteiger partial charge on any atom is -0.507 e. The van der Waals surface area contributed by atoms with Crippen molar-refractivity contribution >= 4 is 35.1 Å². The van der Waals surface area contributed by atoms with Crippen molar-refractivity contribution in [1.29, 1.82) is 0 Å². The molecule has 2 unspecified atom stereocenters. The Bertz CT molecular complexity index is 1500. The number of amides is 2. The fraction of sp³-hybridized carbons (Fsp3) is 0.379. The Morgan fingerprint density at radius 1 is 1.05 bits per heavy atom. The molecule has 41 heavy (non-hydrogen) atoms. The van der Waals surface area contributed by atoms with E-state index < -0.39 is 70.8 Å². The third-order valence-electron chi connectivity index (χ3n) is 8.25. The highest BCUT2D eigenvalue weighted by Crippen LogP contribution is 2.51. The summed E-state index contributed by atoms with van der Waals surface area (Å²) in [5, 5.41) is 25.9. The Morgan fingerprint density at radius 2 is 1.73 bits per heavy atom. The number of primary amides is 1. The number of hydrogen-bond donors (Lipinski definition) is 4. The van der Waals surface area contributed by atoms with E-state index >= 15 is 0 Å². The van der Waals surface area contributed by atoms with Gasteiger partial charge >= 0.3 is 6.09 Å². The van der Waals surface area contributed by atoms with Crippen molar-refractivity contribution in [3.63, 3.8) is 0 Å². The van der Waals surface area contributed by atoms with E-state index in [9.17, 15) is 39.0 Å². The summed E-state index contributed by atoms with van der Waals surface area (Å²) < 4.78 is 0. The van der Waals surface area contributed by atoms with Gasteiger partial charge in [0, 0.05) is 33.0 Å². The van der Waals surface area contributed by atoms with Crippen LogP contribution in [0.4, 0.5) is 4.79 Å². The maximum absolute atomic E-state index is 13.7. The van der Waals surface area contributed by atoms with E-state index in [0.29, 0.717) is 11.1 Å². The minimum absolute atomic E-state index is 0.0177. The number of aromatic hydroxyl groups is 1. The Labute approximate surface area is 234 Å². The Morgan fingerprint density at radius 3 is 2.37 bits per heavy atom. The van der Waals surface area contributed by atoms with Crippen LogP contribution in [0, 0.1) is 23.7 Å². The number of Topliss-reactive ketones (excluding diaryl/α,β-unsaturated/α-hetero) is 4. The number of nitrogens with zero attached hydrogens (tertiary/aromatic N) is 1. The number of hydrogen-bond acceptors (Lipinski definition) is 10. The SMILES string of the molecule is CN(C)OC(=O)NCc1ccc(-c2ccc(O)c3c2C[C@H]2C[C@H]4CC(=O)C(C(N)=O)C(=O)[C@@]4(O)C(=O)C2C3=O)cc1. The summed E-state index contributed by atoms with van der Waals surface area (Å²) in [6.07, 6.45) is -0.810. The molecular formula is C29H29N3O9. The summed E-state index contributed by atoms with van der Waals surface area (Å²) in [7, 11) is 3.16. The van der Waals surface area contributed by atoms with Crippen LogP contribution >= 0.6 is 0 Å². The molecule has 0 spiro atoms. The van der Waals surface area contributed by atoms with E-state index in [2.05, 4.69) is 5.32 Å². The lowest BCUT2D eigenvalue weighted by molar-refractivity contribution is -0.175. The number of phenolic OH excluding ortho intramolecular Hbond substituents is 1. The van der Waals surface area contributed by atoms with E-state index in [0.717, 1.165) is 11.1 Å². The van der Waals surface area contributed by atoms with Gasteiger partial charge < -0.3 is 26.1 Å². The number of fused-ring (bicyclic) bond motifs is 3. The molecule has 2 aromatic carbocycles. The lowest BCUT2D eigenvalue weighted by Crippen LogP contribution is -2.68. The molecule has 0 heterocycles. The fourth-order valence-corrected chi connectivity index (χ4v) is 6.41. The van der Waals surface area contributed by atoms with Crippen molar-refractivity contribution in [2.75, 3.05) is 14.1 Å². The third kappa shape index (κ3) is 4.58. The first-order chi connectivity index (χ1) is 19.3. The molecule has 5 N–H and O–H groups in total. The first-order valence-electron chi connectivity index (χ1n) is 13.1. The smallest absolute Gasteiger partial charge is 0.426 e. The van der Waals surface area contributed by atoms with E-state index in [1.807, 2.05) is 0 Å². The summed E-state index contributed by atoms with van der Waals surface area (Å²) in [4.78, 5) is 81.4. The molecule has 12 heteroatoms. The molecule has 12 nitrogen and oxygen atoms in total. The molecule has 2 saturated carbocycles. The number of aliphatic hydroxyl groups is 1. The molecule has 214 valence electrons. The van der Waals surface area contributed by atoms with Crippen LogP contribution in [0.25, 0.3) is 11.1 Å². The summed E-state index contributed by atoms with van der Waals surface area (Å²) in [6.45, 7) is 0.212. The standard InChI is InChI=1S/C29H29N3O9/c1-32(2)41-28(39)31-12-13-3-5-14(6-4-13)17-7-8-19(33)22-18(17)10-15-9-16-11-20(34)23(27(30)38)26(37)29(16,40)25(36)21(15)24(22)35/h3-8,15-16,21,23,33,40H,9-12H2,1-2H3,(H2,30,38)(H,31,39)/t15-,16+,21?,23?,29+/m1/s1. The van der Waals surface area contributed by atoms with Gasteiger partial charge in [0.25, 0.3) is 0 Å². The van der Waals surface area contributed by atoms with Crippen LogP contribution in [0.3, 0.4) is 0 Å². The summed E-state index contributed by atoms with van der Waals surface area (Å²) >= 11 is 0. The van der Waals surface area contributed by atoms with Crippen LogP contribution in [-0.4, -0.2) is 70.1 Å². The largest absolute Gasteiger partial charge is 0.507 e. The quantitative estimate of drug-likeness (QED) is 0.297. The fourth-order valence-electron chi connectivity index (χ4n) is 6.41. The molecule has 5 rings (SSSR count). The monoisotopic (exact) mass is 563 g/mol. The lowest BCUT2D eigenvalue weighted by Gasteiger charge is -2.48. The average molecular weight is 564 g/mol. The van der Waals surface area contributed by atoms with Crippen LogP contribution in [0.15, 0.2) is 36.4 Å². The number of nitrogens with two attached hydrogens (primary N) is 1. The van der Waals surface area contributed by atoms with E-state index in [1.54, 1.807) is 44.4 Å². The van der Waals surface area contributed by atoms with Crippen LogP contribution in [-0.2, 0) is 37.0 Å². The van der Waals surface area contributed by atoms with E-state index in [1.165, 1.54) is 11.1 Å². The molecule has 0 bridgehead atoms. The molecule has 3 aliphatic carbocycles. The van der Waals surface area contributed by atoms with Gasteiger partial charge in [-0.2, -0.15) is 0 Å². The molecule has 0 aromatic heterocycles. The Hall–Kier alpha value is -4.42. The van der Waals surface area contributed by atoms with Gasteiger partial charge in [-0.1, -0.05) is 30.3 Å². The number of carbonyl (C=O) groups is 6. The van der Waals surface area contributed by atoms with Gasteiger partial charge in [0.2, 0.25) is 5.91 Å². The number of ketones is 4. The van der Waals surface area contributed by atoms with Gasteiger partial charge in [0.1, 0.15) is 5.75 Å². The lowest BCUT2D eigenvalue weighted by atomic mass is 9.53. The maximum atomic E-state index is 13.7. The van der Waals surface area contributed by atoms with Crippen molar-refractivity contribution in [3.05, 3.63) is 53.1 Å². The van der Waals surface area contributed by atoms with Crippen LogP contribution in [0.1, 0.15) is 34.3 Å². The summed E-state index contributed by atoms with van der Waals surface area (Å²) in [5.41, 5.74) is 5.13. The van der Waals surface area contributed by atoms with Gasteiger partial charge in [-0.15, -0.1) is 5.06 Å². The summed E-state index contributed by atoms with van der Waals surface area (Å²) in [5.74, 6) is -10.5. The normalized spacial score (nSPS) is 27.1. The van der Waals surface area contributed by atoms with Crippen molar-refractivity contribution in [2.24, 2.45) is 29.4 Å². The van der Waals surface area contributed by atoms with Crippen molar-refractivity contribution in [2.45, 2.75) is 31.4 Å². The van der Waals surface area contributed by atoms with Crippen molar-refractivity contribution in [1.82, 2.24) is 10.4 Å². The Balaban J connectivity index is 1.46. The zero-order chi connectivity index (χ0) is 29.8. The zero-order valence-electron chi connectivity index (χ0n) is 22.4. The van der Waals surface area contributed by atoms with Crippen LogP contribution < -0.4 is 11.1 Å². The predicted molar refractivity (Wildman–Crippen MR) is 141 cm³/mol. The van der Waals surface area contributed by atoms with Gasteiger partial charge in [-0.05, 0) is 47.1 Å². The molecule has 0 radical (unpaired) electrons. The Kier molecular flexibility index (Phi) is 7.00. The predicted octanol–water partition coefficient (Wildman–Crippen LogP) is 0.697. The average Bonchev–Trinajstić information content (AvgIpc) is 2.89.